The van der Waals surface area contributed by atoms with Crippen LogP contribution in [0.25, 0.3) is 0 Å². The first-order valence-electron chi connectivity index (χ1n) is 5.86. The molecule has 1 amide bonds. The van der Waals surface area contributed by atoms with Crippen LogP contribution in [0.2, 0.25) is 0 Å². The van der Waals surface area contributed by atoms with Crippen molar-refractivity contribution in [1.82, 2.24) is 4.90 Å². The van der Waals surface area contributed by atoms with Crippen molar-refractivity contribution in [1.29, 1.82) is 0 Å². The standard InChI is InChI=1S/C11H22N2O2/c1-2-10(11(12)15)13-7-3-5-9(13)6-4-8-14/h9-10,14H,2-8H2,1H3,(H2,12,15). The summed E-state index contributed by atoms with van der Waals surface area (Å²) < 4.78 is 0. The molecule has 0 aromatic heterocycles. The zero-order chi connectivity index (χ0) is 11.3. The number of nitrogens with zero attached hydrogens (tertiary/aromatic N) is 1. The minimum Gasteiger partial charge on any atom is -0.396 e. The van der Waals surface area contributed by atoms with Gasteiger partial charge in [-0.3, -0.25) is 9.69 Å². The van der Waals surface area contributed by atoms with Crippen molar-refractivity contribution in [2.75, 3.05) is 13.2 Å². The van der Waals surface area contributed by atoms with Gasteiger partial charge in [0.25, 0.3) is 0 Å². The number of likely N-dealkylation sites (tertiary alicyclic amines) is 1. The van der Waals surface area contributed by atoms with E-state index in [1.165, 1.54) is 0 Å². The third-order valence-corrected chi connectivity index (χ3v) is 3.23. The van der Waals surface area contributed by atoms with Crippen LogP contribution in [0.15, 0.2) is 0 Å². The van der Waals surface area contributed by atoms with Gasteiger partial charge in [-0.15, -0.1) is 0 Å². The monoisotopic (exact) mass is 214 g/mol. The molecule has 0 spiro atoms. The molecule has 0 saturated carbocycles. The average Bonchev–Trinajstić information content (AvgIpc) is 2.64. The molecule has 0 aromatic rings. The quantitative estimate of drug-likeness (QED) is 0.676. The number of hydrogen-bond donors (Lipinski definition) is 2. The van der Waals surface area contributed by atoms with Gasteiger partial charge in [0, 0.05) is 12.6 Å². The van der Waals surface area contributed by atoms with Crippen molar-refractivity contribution in [2.24, 2.45) is 5.73 Å². The van der Waals surface area contributed by atoms with Crippen molar-refractivity contribution in [2.45, 2.75) is 51.1 Å². The van der Waals surface area contributed by atoms with Crippen molar-refractivity contribution in [3.63, 3.8) is 0 Å². The summed E-state index contributed by atoms with van der Waals surface area (Å²) in [7, 11) is 0. The number of aliphatic hydroxyl groups is 1. The fourth-order valence-electron chi connectivity index (χ4n) is 2.50. The van der Waals surface area contributed by atoms with E-state index in [0.717, 1.165) is 38.6 Å². The molecular weight excluding hydrogens is 192 g/mol. The number of carbonyl (C=O) groups is 1. The van der Waals surface area contributed by atoms with Gasteiger partial charge >= 0.3 is 0 Å². The lowest BCUT2D eigenvalue weighted by Gasteiger charge is -2.30. The first kappa shape index (κ1) is 12.5. The molecule has 1 heterocycles. The van der Waals surface area contributed by atoms with Crippen molar-refractivity contribution in [3.05, 3.63) is 0 Å². The molecule has 0 aromatic carbocycles. The van der Waals surface area contributed by atoms with E-state index < -0.39 is 0 Å². The molecule has 4 heteroatoms. The van der Waals surface area contributed by atoms with Gasteiger partial charge in [0.2, 0.25) is 5.91 Å². The number of carbonyl (C=O) groups excluding carboxylic acids is 1. The van der Waals surface area contributed by atoms with Gasteiger partial charge in [-0.05, 0) is 38.6 Å². The van der Waals surface area contributed by atoms with Crippen LogP contribution in [0.3, 0.4) is 0 Å². The number of aliphatic hydroxyl groups excluding tert-OH is 1. The van der Waals surface area contributed by atoms with Crippen LogP contribution in [0.4, 0.5) is 0 Å². The van der Waals surface area contributed by atoms with Gasteiger partial charge in [-0.1, -0.05) is 6.92 Å². The lowest BCUT2D eigenvalue weighted by molar-refractivity contribution is -0.123. The second-order valence-electron chi connectivity index (χ2n) is 4.23. The first-order chi connectivity index (χ1) is 7.20. The first-order valence-corrected chi connectivity index (χ1v) is 5.86. The van der Waals surface area contributed by atoms with E-state index >= 15 is 0 Å². The zero-order valence-corrected chi connectivity index (χ0v) is 9.48. The normalized spacial score (nSPS) is 24.3. The minimum absolute atomic E-state index is 0.115. The topological polar surface area (TPSA) is 66.6 Å². The highest BCUT2D eigenvalue weighted by Gasteiger charge is 2.31. The average molecular weight is 214 g/mol. The van der Waals surface area contributed by atoms with Gasteiger partial charge in [-0.25, -0.2) is 0 Å². The molecule has 1 saturated heterocycles. The highest BCUT2D eigenvalue weighted by molar-refractivity contribution is 5.79. The maximum Gasteiger partial charge on any atom is 0.234 e. The van der Waals surface area contributed by atoms with Gasteiger partial charge in [0.1, 0.15) is 0 Å². The maximum absolute atomic E-state index is 11.3. The smallest absolute Gasteiger partial charge is 0.234 e. The summed E-state index contributed by atoms with van der Waals surface area (Å²) in [4.78, 5) is 13.5. The predicted molar refractivity (Wildman–Crippen MR) is 59.3 cm³/mol. The lowest BCUT2D eigenvalue weighted by atomic mass is 10.1. The van der Waals surface area contributed by atoms with E-state index in [-0.39, 0.29) is 18.6 Å². The molecule has 4 nitrogen and oxygen atoms in total. The number of primary amides is 1. The van der Waals surface area contributed by atoms with Crippen LogP contribution in [-0.4, -0.2) is 41.1 Å². The molecule has 15 heavy (non-hydrogen) atoms. The third kappa shape index (κ3) is 3.18. The highest BCUT2D eigenvalue weighted by atomic mass is 16.2. The molecule has 1 rings (SSSR count). The van der Waals surface area contributed by atoms with Crippen molar-refractivity contribution >= 4 is 5.91 Å². The largest absolute Gasteiger partial charge is 0.396 e. The molecule has 88 valence electrons. The number of rotatable bonds is 6. The van der Waals surface area contributed by atoms with Crippen LogP contribution in [0, 0.1) is 0 Å². The summed E-state index contributed by atoms with van der Waals surface area (Å²) in [5.74, 6) is -0.214. The summed E-state index contributed by atoms with van der Waals surface area (Å²) in [5.41, 5.74) is 5.39. The fraction of sp³-hybridized carbons (Fsp3) is 0.909. The molecule has 0 radical (unpaired) electrons. The van der Waals surface area contributed by atoms with E-state index in [1.807, 2.05) is 6.92 Å². The van der Waals surface area contributed by atoms with E-state index in [2.05, 4.69) is 4.90 Å². The molecule has 0 aliphatic carbocycles. The second-order valence-corrected chi connectivity index (χ2v) is 4.23. The van der Waals surface area contributed by atoms with Gasteiger partial charge in [0.05, 0.1) is 6.04 Å². The molecule has 3 N–H and O–H groups in total. The lowest BCUT2D eigenvalue weighted by Crippen LogP contribution is -2.46. The Morgan fingerprint density at radius 2 is 2.40 bits per heavy atom. The Balaban J connectivity index is 2.53. The van der Waals surface area contributed by atoms with Crippen LogP contribution in [0.5, 0.6) is 0 Å². The summed E-state index contributed by atoms with van der Waals surface area (Å²) in [5, 5.41) is 8.81. The zero-order valence-electron chi connectivity index (χ0n) is 9.48. The molecule has 1 aliphatic rings. The minimum atomic E-state index is -0.214. The number of amides is 1. The van der Waals surface area contributed by atoms with E-state index in [0.29, 0.717) is 6.04 Å². The van der Waals surface area contributed by atoms with Crippen molar-refractivity contribution in [3.8, 4) is 0 Å². The van der Waals surface area contributed by atoms with Gasteiger partial charge < -0.3 is 10.8 Å². The van der Waals surface area contributed by atoms with E-state index in [4.69, 9.17) is 10.8 Å². The van der Waals surface area contributed by atoms with E-state index in [1.54, 1.807) is 0 Å². The maximum atomic E-state index is 11.3. The Morgan fingerprint density at radius 1 is 1.67 bits per heavy atom. The Hall–Kier alpha value is -0.610. The molecule has 2 unspecified atom stereocenters. The second kappa shape index (κ2) is 6.08. The molecule has 1 fully saturated rings. The molecule has 2 atom stereocenters. The van der Waals surface area contributed by atoms with Crippen LogP contribution in [0.1, 0.15) is 39.0 Å². The van der Waals surface area contributed by atoms with Crippen molar-refractivity contribution < 1.29 is 9.90 Å². The Labute approximate surface area is 91.4 Å². The SMILES string of the molecule is CCC(C(N)=O)N1CCCC1CCCO. The predicted octanol–water partition coefficient (Wildman–Crippen LogP) is 0.487. The number of nitrogens with two attached hydrogens (primary N) is 1. The summed E-state index contributed by atoms with van der Waals surface area (Å²) in [6.45, 7) is 3.20. The van der Waals surface area contributed by atoms with Crippen LogP contribution in [-0.2, 0) is 4.79 Å². The van der Waals surface area contributed by atoms with Crippen LogP contribution >= 0.6 is 0 Å². The van der Waals surface area contributed by atoms with Crippen LogP contribution < -0.4 is 5.73 Å². The Bertz CT molecular complexity index is 209. The highest BCUT2D eigenvalue weighted by Crippen LogP contribution is 2.24. The summed E-state index contributed by atoms with van der Waals surface area (Å²) in [6, 6.07) is 0.325. The molecule has 1 aliphatic heterocycles. The fourth-order valence-corrected chi connectivity index (χ4v) is 2.50. The number of hydrogen-bond acceptors (Lipinski definition) is 3. The summed E-state index contributed by atoms with van der Waals surface area (Å²) >= 11 is 0. The summed E-state index contributed by atoms with van der Waals surface area (Å²) in [6.07, 6.45) is 4.84. The van der Waals surface area contributed by atoms with E-state index in [9.17, 15) is 4.79 Å². The molecule has 0 bridgehead atoms. The Kier molecular flexibility index (Phi) is 5.05. The molecular formula is C11H22N2O2. The van der Waals surface area contributed by atoms with Gasteiger partial charge in [-0.2, -0.15) is 0 Å². The Morgan fingerprint density at radius 3 is 2.93 bits per heavy atom. The third-order valence-electron chi connectivity index (χ3n) is 3.23. The van der Waals surface area contributed by atoms with Gasteiger partial charge in [0.15, 0.2) is 0 Å².